The molecule has 0 radical (unpaired) electrons. The van der Waals surface area contributed by atoms with Crippen molar-refractivity contribution in [2.24, 2.45) is 0 Å². The van der Waals surface area contributed by atoms with E-state index in [2.05, 4.69) is 121 Å². The van der Waals surface area contributed by atoms with Gasteiger partial charge in [0.05, 0.1) is 0 Å². The highest BCUT2D eigenvalue weighted by molar-refractivity contribution is 7.26. The molecule has 0 aliphatic heterocycles. The summed E-state index contributed by atoms with van der Waals surface area (Å²) >= 11 is 3.66. The van der Waals surface area contributed by atoms with Crippen LogP contribution in [0.4, 0.5) is 0 Å². The number of hydrogen-bond acceptors (Lipinski definition) is 6. The highest BCUT2D eigenvalue weighted by Crippen LogP contribution is 2.45. The zero-order chi connectivity index (χ0) is 37.5. The van der Waals surface area contributed by atoms with E-state index in [0.29, 0.717) is 17.5 Å². The first kappa shape index (κ1) is 32.3. The Morgan fingerprint density at radius 1 is 0.316 bits per heavy atom. The summed E-state index contributed by atoms with van der Waals surface area (Å²) in [4.78, 5) is 15.2. The normalized spacial score (nSPS) is 11.9. The van der Waals surface area contributed by atoms with E-state index in [9.17, 15) is 0 Å². The number of nitrogens with zero attached hydrogens (tertiary/aromatic N) is 3. The summed E-state index contributed by atoms with van der Waals surface area (Å²) in [6.45, 7) is 0. The van der Waals surface area contributed by atoms with Gasteiger partial charge >= 0.3 is 0 Å². The second kappa shape index (κ2) is 12.8. The van der Waals surface area contributed by atoms with Crippen LogP contribution in [0.2, 0.25) is 0 Å². The number of rotatable bonds is 5. The monoisotopic (exact) mass is 763 g/mol. The van der Waals surface area contributed by atoms with E-state index >= 15 is 0 Å². The average Bonchev–Trinajstić information content (AvgIpc) is 3.97. The molecule has 0 N–H and O–H groups in total. The Balaban J connectivity index is 0.993. The van der Waals surface area contributed by atoms with Crippen molar-refractivity contribution in [1.82, 2.24) is 15.0 Å². The molecule has 57 heavy (non-hydrogen) atoms. The summed E-state index contributed by atoms with van der Waals surface area (Å²) in [6, 6.07) is 62.2. The highest BCUT2D eigenvalue weighted by Gasteiger charge is 2.18. The number of fused-ring (bicyclic) bond motifs is 9. The molecule has 0 amide bonds. The molecule has 0 saturated heterocycles. The molecule has 4 aromatic heterocycles. The van der Waals surface area contributed by atoms with Gasteiger partial charge in [-0.1, -0.05) is 127 Å². The summed E-state index contributed by atoms with van der Waals surface area (Å²) in [6.07, 6.45) is 0. The lowest BCUT2D eigenvalue weighted by Crippen LogP contribution is -2.00. The molecule has 12 aromatic rings. The van der Waals surface area contributed by atoms with E-state index in [0.717, 1.165) is 38.6 Å². The SMILES string of the molecule is c1ccc(-c2nc(-c3ccc4c(c3)oc3ccccc34)nc(-c3ccc4c(c3)sc3cccc(-c5ccccc5-c5ccc6sc7ccccc7c6c5)c34)n2)cc1. The summed E-state index contributed by atoms with van der Waals surface area (Å²) < 4.78 is 11.3. The minimum Gasteiger partial charge on any atom is -0.456 e. The standard InChI is InChI=1S/C51H29N3OS2/c1-2-11-30(12-3-1)49-52-50(32-21-24-37-36-15-6-8-18-42(36)55-43(37)28-32)54-51(53-49)33-22-25-40-47(29-33)57-46-20-10-17-39(48(40)46)35-14-5-4-13-34(35)31-23-26-45-41(27-31)38-16-7-9-19-44(38)56-45/h1-29H. The van der Waals surface area contributed by atoms with Gasteiger partial charge in [-0.3, -0.25) is 0 Å². The minimum atomic E-state index is 0.602. The van der Waals surface area contributed by atoms with Crippen molar-refractivity contribution in [3.8, 4) is 56.4 Å². The zero-order valence-electron chi connectivity index (χ0n) is 30.3. The van der Waals surface area contributed by atoms with Crippen LogP contribution in [0.1, 0.15) is 0 Å². The fourth-order valence-electron chi connectivity index (χ4n) is 8.27. The molecule has 0 saturated carbocycles. The second-order valence-corrected chi connectivity index (χ2v) is 16.5. The van der Waals surface area contributed by atoms with Gasteiger partial charge in [0.2, 0.25) is 0 Å². The van der Waals surface area contributed by atoms with Crippen LogP contribution < -0.4 is 0 Å². The molecule has 4 nitrogen and oxygen atoms in total. The number of para-hydroxylation sites is 1. The van der Waals surface area contributed by atoms with Gasteiger partial charge in [0.25, 0.3) is 0 Å². The quantitative estimate of drug-likeness (QED) is 0.175. The molecule has 0 atom stereocenters. The van der Waals surface area contributed by atoms with Gasteiger partial charge in [-0.2, -0.15) is 0 Å². The van der Waals surface area contributed by atoms with Crippen LogP contribution in [0.25, 0.3) is 119 Å². The Kier molecular flexibility index (Phi) is 7.24. The number of aromatic nitrogens is 3. The Labute approximate surface area is 335 Å². The molecule has 0 aliphatic carbocycles. The average molecular weight is 764 g/mol. The molecule has 0 unspecified atom stereocenters. The van der Waals surface area contributed by atoms with Gasteiger partial charge in [-0.15, -0.1) is 22.7 Å². The Bertz CT molecular complexity index is 3540. The van der Waals surface area contributed by atoms with E-state index in [-0.39, 0.29) is 0 Å². The van der Waals surface area contributed by atoms with Crippen LogP contribution >= 0.6 is 22.7 Å². The number of thiophene rings is 2. The summed E-state index contributed by atoms with van der Waals surface area (Å²) in [5.74, 6) is 1.86. The summed E-state index contributed by atoms with van der Waals surface area (Å²) in [7, 11) is 0. The zero-order valence-corrected chi connectivity index (χ0v) is 31.9. The fourth-order valence-corrected chi connectivity index (χ4v) is 10.5. The van der Waals surface area contributed by atoms with Gasteiger partial charge in [0.1, 0.15) is 11.2 Å². The Morgan fingerprint density at radius 2 is 0.912 bits per heavy atom. The van der Waals surface area contributed by atoms with Crippen molar-refractivity contribution < 1.29 is 4.42 Å². The molecule has 8 aromatic carbocycles. The van der Waals surface area contributed by atoms with Gasteiger partial charge in [0.15, 0.2) is 17.5 Å². The van der Waals surface area contributed by atoms with Crippen LogP contribution in [0.3, 0.4) is 0 Å². The third-order valence-electron chi connectivity index (χ3n) is 11.0. The van der Waals surface area contributed by atoms with Crippen molar-refractivity contribution in [2.75, 3.05) is 0 Å². The van der Waals surface area contributed by atoms with Gasteiger partial charge in [-0.25, -0.2) is 15.0 Å². The molecule has 4 heterocycles. The van der Waals surface area contributed by atoms with Crippen molar-refractivity contribution in [2.45, 2.75) is 0 Å². The predicted octanol–water partition coefficient (Wildman–Crippen LogP) is 14.8. The lowest BCUT2D eigenvalue weighted by molar-refractivity contribution is 0.669. The molecule has 0 aliphatic rings. The number of hydrogen-bond donors (Lipinski definition) is 0. The van der Waals surface area contributed by atoms with Crippen LogP contribution in [-0.2, 0) is 0 Å². The Morgan fingerprint density at radius 3 is 1.77 bits per heavy atom. The molecule has 6 heteroatoms. The lowest BCUT2D eigenvalue weighted by Gasteiger charge is -2.12. The molecule has 0 spiro atoms. The second-order valence-electron chi connectivity index (χ2n) is 14.3. The van der Waals surface area contributed by atoms with Crippen LogP contribution in [0.15, 0.2) is 180 Å². The topological polar surface area (TPSA) is 51.8 Å². The number of benzene rings is 8. The molecule has 0 fully saturated rings. The predicted molar refractivity (Wildman–Crippen MR) is 240 cm³/mol. The van der Waals surface area contributed by atoms with Crippen molar-refractivity contribution in [3.05, 3.63) is 176 Å². The third-order valence-corrected chi connectivity index (χ3v) is 13.2. The van der Waals surface area contributed by atoms with Crippen LogP contribution in [0, 0.1) is 0 Å². The largest absolute Gasteiger partial charge is 0.456 e. The highest BCUT2D eigenvalue weighted by atomic mass is 32.1. The summed E-state index contributed by atoms with van der Waals surface area (Å²) in [5, 5.41) is 7.27. The maximum absolute atomic E-state index is 6.25. The smallest absolute Gasteiger partial charge is 0.164 e. The lowest BCUT2D eigenvalue weighted by atomic mass is 9.91. The maximum atomic E-state index is 6.25. The molecule has 12 rings (SSSR count). The van der Waals surface area contributed by atoms with Crippen LogP contribution in [0.5, 0.6) is 0 Å². The first-order valence-electron chi connectivity index (χ1n) is 18.9. The first-order chi connectivity index (χ1) is 28.2. The van der Waals surface area contributed by atoms with Gasteiger partial charge < -0.3 is 4.42 Å². The van der Waals surface area contributed by atoms with Gasteiger partial charge in [-0.05, 0) is 70.8 Å². The van der Waals surface area contributed by atoms with E-state index in [1.165, 1.54) is 62.6 Å². The minimum absolute atomic E-state index is 0.602. The van der Waals surface area contributed by atoms with Crippen molar-refractivity contribution in [3.63, 3.8) is 0 Å². The molecular formula is C51H29N3OS2. The summed E-state index contributed by atoms with van der Waals surface area (Å²) in [5.41, 5.74) is 9.32. The van der Waals surface area contributed by atoms with Crippen molar-refractivity contribution in [1.29, 1.82) is 0 Å². The van der Waals surface area contributed by atoms with E-state index in [4.69, 9.17) is 19.4 Å². The fraction of sp³-hybridized carbons (Fsp3) is 0. The maximum Gasteiger partial charge on any atom is 0.164 e. The van der Waals surface area contributed by atoms with E-state index in [1.807, 2.05) is 77.3 Å². The van der Waals surface area contributed by atoms with Crippen molar-refractivity contribution >= 4 is 85.0 Å². The van der Waals surface area contributed by atoms with Gasteiger partial charge in [0, 0.05) is 67.8 Å². The molecule has 0 bridgehead atoms. The van der Waals surface area contributed by atoms with E-state index < -0.39 is 0 Å². The number of furan rings is 1. The van der Waals surface area contributed by atoms with Crippen LogP contribution in [-0.4, -0.2) is 15.0 Å². The first-order valence-corrected chi connectivity index (χ1v) is 20.6. The van der Waals surface area contributed by atoms with E-state index in [1.54, 1.807) is 0 Å². The third kappa shape index (κ3) is 5.30. The molecule has 266 valence electrons. The Hall–Kier alpha value is -6.99. The molecular weight excluding hydrogens is 735 g/mol.